The topological polar surface area (TPSA) is 20.2 Å². The van der Waals surface area contributed by atoms with Crippen molar-refractivity contribution in [2.24, 2.45) is 0 Å². The van der Waals surface area contributed by atoms with Gasteiger partial charge in [-0.3, -0.25) is 0 Å². The molecule has 1 nitrogen and oxygen atoms in total. The summed E-state index contributed by atoms with van der Waals surface area (Å²) in [5.41, 5.74) is 4.57. The largest absolute Gasteiger partial charge is 0.387 e. The van der Waals surface area contributed by atoms with Gasteiger partial charge in [0.1, 0.15) is 0 Å². The molecule has 1 N–H and O–H groups in total. The molecule has 0 spiro atoms. The normalized spacial score (nSPS) is 25.3. The van der Waals surface area contributed by atoms with E-state index in [-0.39, 0.29) is 5.41 Å². The maximum atomic E-state index is 10.9. The summed E-state index contributed by atoms with van der Waals surface area (Å²) in [6.45, 7) is 6.36. The SMILES string of the molecule is Cc1ccc(C2(C)CSc3cc(C)ccc3C2O)cc1. The molecule has 0 bridgehead atoms. The Balaban J connectivity index is 2.04. The quantitative estimate of drug-likeness (QED) is 0.837. The molecule has 20 heavy (non-hydrogen) atoms. The molecular weight excluding hydrogens is 264 g/mol. The van der Waals surface area contributed by atoms with Crippen LogP contribution >= 0.6 is 11.8 Å². The summed E-state index contributed by atoms with van der Waals surface area (Å²) in [5.74, 6) is 0.910. The van der Waals surface area contributed by atoms with Gasteiger partial charge in [0, 0.05) is 16.1 Å². The first-order valence-corrected chi connectivity index (χ1v) is 7.98. The van der Waals surface area contributed by atoms with Crippen LogP contribution in [0.1, 0.15) is 35.3 Å². The average Bonchev–Trinajstić information content (AvgIpc) is 2.44. The second-order valence-electron chi connectivity index (χ2n) is 6.02. The summed E-state index contributed by atoms with van der Waals surface area (Å²) in [7, 11) is 0. The Morgan fingerprint density at radius 3 is 2.40 bits per heavy atom. The van der Waals surface area contributed by atoms with Crippen molar-refractivity contribution >= 4 is 11.8 Å². The molecule has 2 atom stereocenters. The number of fused-ring (bicyclic) bond motifs is 1. The molecule has 1 heterocycles. The fourth-order valence-corrected chi connectivity index (χ4v) is 4.21. The van der Waals surface area contributed by atoms with E-state index in [2.05, 4.69) is 63.2 Å². The number of thioether (sulfide) groups is 1. The fourth-order valence-electron chi connectivity index (χ4n) is 2.82. The third-order valence-electron chi connectivity index (χ3n) is 4.31. The van der Waals surface area contributed by atoms with Gasteiger partial charge in [0.05, 0.1) is 6.10 Å². The van der Waals surface area contributed by atoms with Gasteiger partial charge >= 0.3 is 0 Å². The lowest BCUT2D eigenvalue weighted by molar-refractivity contribution is 0.0978. The zero-order chi connectivity index (χ0) is 14.3. The van der Waals surface area contributed by atoms with E-state index in [0.29, 0.717) is 0 Å². The lowest BCUT2D eigenvalue weighted by Crippen LogP contribution is -2.36. The first-order valence-electron chi connectivity index (χ1n) is 6.99. The van der Waals surface area contributed by atoms with Crippen molar-refractivity contribution in [3.05, 3.63) is 64.7 Å². The van der Waals surface area contributed by atoms with E-state index in [9.17, 15) is 5.11 Å². The van der Waals surface area contributed by atoms with Crippen molar-refractivity contribution in [2.45, 2.75) is 37.2 Å². The number of rotatable bonds is 1. The van der Waals surface area contributed by atoms with E-state index in [4.69, 9.17) is 0 Å². The minimum Gasteiger partial charge on any atom is -0.387 e. The molecular formula is C18H20OS. The van der Waals surface area contributed by atoms with Gasteiger partial charge in [0.25, 0.3) is 0 Å². The molecule has 0 aliphatic carbocycles. The summed E-state index contributed by atoms with van der Waals surface area (Å²) < 4.78 is 0. The second kappa shape index (κ2) is 4.94. The lowest BCUT2D eigenvalue weighted by atomic mass is 9.76. The molecule has 1 aliphatic rings. The Kier molecular flexibility index (Phi) is 3.39. The van der Waals surface area contributed by atoms with Crippen LogP contribution in [0.4, 0.5) is 0 Å². The van der Waals surface area contributed by atoms with Gasteiger partial charge in [-0.05, 0) is 36.6 Å². The van der Waals surface area contributed by atoms with Crippen LogP contribution in [-0.4, -0.2) is 10.9 Å². The molecule has 0 fully saturated rings. The highest BCUT2D eigenvalue weighted by Crippen LogP contribution is 2.48. The van der Waals surface area contributed by atoms with Gasteiger partial charge in [0.15, 0.2) is 0 Å². The van der Waals surface area contributed by atoms with E-state index in [0.717, 1.165) is 11.3 Å². The predicted octanol–water partition coefficient (Wildman–Crippen LogP) is 4.40. The molecule has 0 radical (unpaired) electrons. The Morgan fingerprint density at radius 2 is 1.70 bits per heavy atom. The second-order valence-corrected chi connectivity index (χ2v) is 7.03. The monoisotopic (exact) mass is 284 g/mol. The zero-order valence-corrected chi connectivity index (χ0v) is 13.0. The fraction of sp³-hybridized carbons (Fsp3) is 0.333. The summed E-state index contributed by atoms with van der Waals surface area (Å²) >= 11 is 1.85. The Morgan fingerprint density at radius 1 is 1.05 bits per heavy atom. The van der Waals surface area contributed by atoms with Crippen molar-refractivity contribution in [3.63, 3.8) is 0 Å². The standard InChI is InChI=1S/C18H20OS/c1-12-4-7-14(8-5-12)18(3)11-20-16-10-13(2)6-9-15(16)17(18)19/h4-10,17,19H,11H2,1-3H3. The molecule has 1 aliphatic heterocycles. The van der Waals surface area contributed by atoms with Gasteiger partial charge < -0.3 is 5.11 Å². The van der Waals surface area contributed by atoms with Crippen molar-refractivity contribution in [1.29, 1.82) is 0 Å². The molecule has 0 amide bonds. The molecule has 0 saturated carbocycles. The first kappa shape index (κ1) is 13.7. The minimum absolute atomic E-state index is 0.222. The maximum Gasteiger partial charge on any atom is 0.0902 e. The van der Waals surface area contributed by atoms with Crippen LogP contribution < -0.4 is 0 Å². The number of hydrogen-bond acceptors (Lipinski definition) is 2. The van der Waals surface area contributed by atoms with Crippen LogP contribution in [0.15, 0.2) is 47.4 Å². The highest BCUT2D eigenvalue weighted by Gasteiger charge is 2.40. The van der Waals surface area contributed by atoms with Crippen LogP contribution in [0.25, 0.3) is 0 Å². The highest BCUT2D eigenvalue weighted by atomic mass is 32.2. The van der Waals surface area contributed by atoms with E-state index >= 15 is 0 Å². The molecule has 104 valence electrons. The zero-order valence-electron chi connectivity index (χ0n) is 12.2. The number of aryl methyl sites for hydroxylation is 2. The molecule has 2 heteroatoms. The Bertz CT molecular complexity index is 632. The van der Waals surface area contributed by atoms with E-state index in [1.54, 1.807) is 0 Å². The summed E-state index contributed by atoms with van der Waals surface area (Å²) in [6, 6.07) is 14.9. The molecule has 3 rings (SSSR count). The third kappa shape index (κ3) is 2.17. The summed E-state index contributed by atoms with van der Waals surface area (Å²) in [5, 5.41) is 10.9. The average molecular weight is 284 g/mol. The lowest BCUT2D eigenvalue weighted by Gasteiger charge is -2.40. The summed E-state index contributed by atoms with van der Waals surface area (Å²) in [6.07, 6.45) is -0.443. The van der Waals surface area contributed by atoms with E-state index in [1.807, 2.05) is 11.8 Å². The van der Waals surface area contributed by atoms with Crippen LogP contribution in [0.3, 0.4) is 0 Å². The maximum absolute atomic E-state index is 10.9. The van der Waals surface area contributed by atoms with Crippen molar-refractivity contribution in [1.82, 2.24) is 0 Å². The van der Waals surface area contributed by atoms with Gasteiger partial charge in [-0.1, -0.05) is 48.9 Å². The van der Waals surface area contributed by atoms with Crippen LogP contribution in [0, 0.1) is 13.8 Å². The molecule has 2 aromatic carbocycles. The van der Waals surface area contributed by atoms with Crippen LogP contribution in [-0.2, 0) is 5.41 Å². The molecule has 0 aromatic heterocycles. The predicted molar refractivity (Wildman–Crippen MR) is 85.4 cm³/mol. The Labute approximate surface area is 125 Å². The van der Waals surface area contributed by atoms with Gasteiger partial charge in [0.2, 0.25) is 0 Å². The van der Waals surface area contributed by atoms with Gasteiger partial charge in [-0.25, -0.2) is 0 Å². The molecule has 2 aromatic rings. The van der Waals surface area contributed by atoms with E-state index < -0.39 is 6.10 Å². The minimum atomic E-state index is -0.443. The van der Waals surface area contributed by atoms with Crippen molar-refractivity contribution < 1.29 is 5.11 Å². The molecule has 2 unspecified atom stereocenters. The van der Waals surface area contributed by atoms with Gasteiger partial charge in [-0.2, -0.15) is 0 Å². The number of aliphatic hydroxyl groups is 1. The van der Waals surface area contributed by atoms with Gasteiger partial charge in [-0.15, -0.1) is 11.8 Å². The smallest absolute Gasteiger partial charge is 0.0902 e. The van der Waals surface area contributed by atoms with E-state index in [1.165, 1.54) is 21.6 Å². The summed E-state index contributed by atoms with van der Waals surface area (Å²) in [4.78, 5) is 1.22. The number of hydrogen-bond donors (Lipinski definition) is 1. The highest BCUT2D eigenvalue weighted by molar-refractivity contribution is 7.99. The Hall–Kier alpha value is -1.25. The third-order valence-corrected chi connectivity index (χ3v) is 5.71. The van der Waals surface area contributed by atoms with Crippen molar-refractivity contribution in [3.8, 4) is 0 Å². The van der Waals surface area contributed by atoms with Crippen LogP contribution in [0.5, 0.6) is 0 Å². The van der Waals surface area contributed by atoms with Crippen molar-refractivity contribution in [2.75, 3.05) is 5.75 Å². The number of benzene rings is 2. The number of aliphatic hydroxyl groups excluding tert-OH is 1. The van der Waals surface area contributed by atoms with Crippen LogP contribution in [0.2, 0.25) is 0 Å². The first-order chi connectivity index (χ1) is 9.50. The molecule has 0 saturated heterocycles.